The predicted octanol–water partition coefficient (Wildman–Crippen LogP) is 1.11. The Morgan fingerprint density at radius 3 is 2.79 bits per heavy atom. The molecule has 1 aliphatic rings. The molecule has 0 atom stereocenters. The van der Waals surface area contributed by atoms with Gasteiger partial charge >= 0.3 is 0 Å². The van der Waals surface area contributed by atoms with Crippen LogP contribution in [0.4, 0.5) is 5.95 Å². The molecule has 1 fully saturated rings. The molecule has 0 aliphatic carbocycles. The highest BCUT2D eigenvalue weighted by atomic mass is 32.2. The number of anilines is 1. The molecule has 0 unspecified atom stereocenters. The minimum absolute atomic E-state index is 0.224. The second kappa shape index (κ2) is 4.80. The number of imidazole rings is 1. The van der Waals surface area contributed by atoms with Crippen LogP contribution in [-0.2, 0) is 10.8 Å². The zero-order valence-electron chi connectivity index (χ0n) is 10.7. The van der Waals surface area contributed by atoms with Crippen LogP contribution >= 0.6 is 0 Å². The first-order chi connectivity index (χ1) is 9.19. The molecule has 0 saturated carbocycles. The Morgan fingerprint density at radius 2 is 2.11 bits per heavy atom. The van der Waals surface area contributed by atoms with Gasteiger partial charge in [0.1, 0.15) is 5.52 Å². The number of nitrogen functional groups attached to an aromatic ring is 1. The van der Waals surface area contributed by atoms with Crippen LogP contribution in [0.3, 0.4) is 0 Å². The third-order valence-electron chi connectivity index (χ3n) is 3.47. The third kappa shape index (κ3) is 2.18. The lowest BCUT2D eigenvalue weighted by Crippen LogP contribution is -2.23. The number of nitrogens with two attached hydrogens (primary N) is 1. The molecule has 7 heteroatoms. The first-order valence-electron chi connectivity index (χ1n) is 6.22. The molecule has 102 valence electrons. The van der Waals surface area contributed by atoms with Gasteiger partial charge < -0.3 is 10.5 Å². The van der Waals surface area contributed by atoms with Crippen molar-refractivity contribution in [1.29, 1.82) is 0 Å². The number of rotatable bonds is 2. The van der Waals surface area contributed by atoms with Crippen LogP contribution in [0.15, 0.2) is 12.1 Å². The quantitative estimate of drug-likeness (QED) is 0.891. The Bertz CT molecular complexity index is 630. The van der Waals surface area contributed by atoms with E-state index < -0.39 is 10.8 Å². The van der Waals surface area contributed by atoms with Crippen LogP contribution in [0.25, 0.3) is 11.2 Å². The van der Waals surface area contributed by atoms with Gasteiger partial charge in [0.2, 0.25) is 11.8 Å². The van der Waals surface area contributed by atoms with Crippen molar-refractivity contribution in [2.45, 2.75) is 18.9 Å². The number of pyridine rings is 1. The molecule has 0 amide bonds. The molecule has 2 aromatic heterocycles. The molecule has 1 saturated heterocycles. The summed E-state index contributed by atoms with van der Waals surface area (Å²) in [6.45, 7) is 0. The number of hydrogen-bond acceptors (Lipinski definition) is 5. The summed E-state index contributed by atoms with van der Waals surface area (Å²) >= 11 is 0. The van der Waals surface area contributed by atoms with Gasteiger partial charge in [0, 0.05) is 34.4 Å². The van der Waals surface area contributed by atoms with Gasteiger partial charge in [-0.15, -0.1) is 0 Å². The smallest absolute Gasteiger partial charge is 0.215 e. The SMILES string of the molecule is COc1ccc2nc(N)n(C3CCS(=O)CC3)c2n1. The number of fused-ring (bicyclic) bond motifs is 1. The summed E-state index contributed by atoms with van der Waals surface area (Å²) in [6, 6.07) is 3.85. The van der Waals surface area contributed by atoms with Crippen LogP contribution in [-0.4, -0.2) is 37.4 Å². The molecule has 3 rings (SSSR count). The van der Waals surface area contributed by atoms with Gasteiger partial charge in [-0.1, -0.05) is 0 Å². The Hall–Kier alpha value is -1.63. The van der Waals surface area contributed by atoms with E-state index in [1.54, 1.807) is 13.2 Å². The maximum atomic E-state index is 11.4. The molecular weight excluding hydrogens is 264 g/mol. The van der Waals surface area contributed by atoms with Gasteiger partial charge in [0.15, 0.2) is 5.65 Å². The predicted molar refractivity (Wildman–Crippen MR) is 74.6 cm³/mol. The number of methoxy groups -OCH3 is 1. The molecule has 0 spiro atoms. The monoisotopic (exact) mass is 280 g/mol. The number of aromatic nitrogens is 3. The average molecular weight is 280 g/mol. The van der Waals surface area contributed by atoms with Crippen LogP contribution < -0.4 is 10.5 Å². The molecule has 19 heavy (non-hydrogen) atoms. The molecule has 0 bridgehead atoms. The van der Waals surface area contributed by atoms with Crippen molar-refractivity contribution in [1.82, 2.24) is 14.5 Å². The molecular formula is C12H16N4O2S. The summed E-state index contributed by atoms with van der Waals surface area (Å²) in [4.78, 5) is 8.76. The molecule has 6 nitrogen and oxygen atoms in total. The van der Waals surface area contributed by atoms with E-state index >= 15 is 0 Å². The van der Waals surface area contributed by atoms with Crippen LogP contribution in [0.5, 0.6) is 5.88 Å². The van der Waals surface area contributed by atoms with E-state index in [0.717, 1.165) is 24.0 Å². The normalized spacial score (nSPS) is 23.6. The van der Waals surface area contributed by atoms with E-state index in [1.807, 2.05) is 10.6 Å². The van der Waals surface area contributed by atoms with E-state index in [-0.39, 0.29) is 6.04 Å². The maximum Gasteiger partial charge on any atom is 0.215 e. The molecule has 2 N–H and O–H groups in total. The average Bonchev–Trinajstić information content (AvgIpc) is 2.75. The highest BCUT2D eigenvalue weighted by Crippen LogP contribution is 2.29. The minimum atomic E-state index is -0.689. The van der Waals surface area contributed by atoms with Crippen LogP contribution in [0.2, 0.25) is 0 Å². The van der Waals surface area contributed by atoms with Gasteiger partial charge in [-0.2, -0.15) is 4.98 Å². The second-order valence-corrected chi connectivity index (χ2v) is 6.31. The zero-order valence-corrected chi connectivity index (χ0v) is 11.5. The lowest BCUT2D eigenvalue weighted by Gasteiger charge is -2.23. The maximum absolute atomic E-state index is 11.4. The topological polar surface area (TPSA) is 83.0 Å². The Labute approximate surface area is 113 Å². The summed E-state index contributed by atoms with van der Waals surface area (Å²) in [5, 5.41) is 0. The highest BCUT2D eigenvalue weighted by molar-refractivity contribution is 7.85. The van der Waals surface area contributed by atoms with E-state index in [2.05, 4.69) is 9.97 Å². The van der Waals surface area contributed by atoms with Crippen molar-refractivity contribution in [3.05, 3.63) is 12.1 Å². The fourth-order valence-electron chi connectivity index (χ4n) is 2.49. The van der Waals surface area contributed by atoms with Gasteiger partial charge in [0.25, 0.3) is 0 Å². The summed E-state index contributed by atoms with van der Waals surface area (Å²) < 4.78 is 18.5. The molecule has 1 aliphatic heterocycles. The molecule has 0 radical (unpaired) electrons. The van der Waals surface area contributed by atoms with Crippen molar-refractivity contribution in [3.8, 4) is 5.88 Å². The lowest BCUT2D eigenvalue weighted by atomic mass is 10.1. The van der Waals surface area contributed by atoms with Crippen LogP contribution in [0, 0.1) is 0 Å². The van der Waals surface area contributed by atoms with Gasteiger partial charge in [-0.05, 0) is 18.9 Å². The summed E-state index contributed by atoms with van der Waals surface area (Å²) in [5.74, 6) is 2.45. The first kappa shape index (κ1) is 12.4. The summed E-state index contributed by atoms with van der Waals surface area (Å²) in [5.41, 5.74) is 7.52. The van der Waals surface area contributed by atoms with Gasteiger partial charge in [-0.25, -0.2) is 4.98 Å². The fourth-order valence-corrected chi connectivity index (χ4v) is 3.76. The Balaban J connectivity index is 2.06. The fraction of sp³-hybridized carbons (Fsp3) is 0.500. The molecule has 0 aromatic carbocycles. The van der Waals surface area contributed by atoms with Crippen molar-refractivity contribution in [3.63, 3.8) is 0 Å². The molecule has 2 aromatic rings. The summed E-state index contributed by atoms with van der Waals surface area (Å²) in [6.07, 6.45) is 1.70. The largest absolute Gasteiger partial charge is 0.481 e. The highest BCUT2D eigenvalue weighted by Gasteiger charge is 2.23. The Kier molecular flexibility index (Phi) is 3.14. The van der Waals surface area contributed by atoms with E-state index in [9.17, 15) is 4.21 Å². The van der Waals surface area contributed by atoms with E-state index in [4.69, 9.17) is 10.5 Å². The van der Waals surface area contributed by atoms with E-state index in [0.29, 0.717) is 23.3 Å². The standard InChI is InChI=1S/C12H16N4O2S/c1-18-10-3-2-9-11(15-10)16(12(13)14-9)8-4-6-19(17)7-5-8/h2-3,8H,4-7H2,1H3,(H2,13,14). The van der Waals surface area contributed by atoms with Crippen molar-refractivity contribution < 1.29 is 8.95 Å². The van der Waals surface area contributed by atoms with Crippen molar-refractivity contribution in [2.24, 2.45) is 0 Å². The van der Waals surface area contributed by atoms with Crippen molar-refractivity contribution in [2.75, 3.05) is 24.3 Å². The third-order valence-corrected chi connectivity index (χ3v) is 4.85. The van der Waals surface area contributed by atoms with Gasteiger partial charge in [0.05, 0.1) is 7.11 Å². The van der Waals surface area contributed by atoms with Gasteiger partial charge in [-0.3, -0.25) is 8.78 Å². The Morgan fingerprint density at radius 1 is 1.37 bits per heavy atom. The second-order valence-electron chi connectivity index (χ2n) is 4.62. The zero-order chi connectivity index (χ0) is 13.4. The number of hydrogen-bond donors (Lipinski definition) is 1. The van der Waals surface area contributed by atoms with Crippen molar-refractivity contribution >= 4 is 27.9 Å². The van der Waals surface area contributed by atoms with E-state index in [1.165, 1.54) is 0 Å². The van der Waals surface area contributed by atoms with Crippen LogP contribution in [0.1, 0.15) is 18.9 Å². The molecule has 3 heterocycles. The number of ether oxygens (including phenoxy) is 1. The summed E-state index contributed by atoms with van der Waals surface area (Å²) in [7, 11) is 0.897. The lowest BCUT2D eigenvalue weighted by molar-refractivity contribution is 0.397. The minimum Gasteiger partial charge on any atom is -0.481 e. The first-order valence-corrected chi connectivity index (χ1v) is 7.71. The number of nitrogens with zero attached hydrogens (tertiary/aromatic N) is 3.